The lowest BCUT2D eigenvalue weighted by atomic mass is 9.65. The lowest BCUT2D eigenvalue weighted by Crippen LogP contribution is -2.48. The molecule has 0 N–H and O–H groups in total. The second kappa shape index (κ2) is 6.76. The zero-order valence-corrected chi connectivity index (χ0v) is 16.1. The zero-order chi connectivity index (χ0) is 18.2. The molecule has 1 unspecified atom stereocenters. The summed E-state index contributed by atoms with van der Waals surface area (Å²) in [7, 11) is -3.49. The van der Waals surface area contributed by atoms with Gasteiger partial charge in [-0.3, -0.25) is 4.79 Å². The molecule has 6 heteroatoms. The number of benzene rings is 1. The number of fused-ring (bicyclic) bond motifs is 1. The quantitative estimate of drug-likeness (QED) is 0.753. The number of thiophene rings is 1. The van der Waals surface area contributed by atoms with Gasteiger partial charge in [0, 0.05) is 31.3 Å². The highest BCUT2D eigenvalue weighted by molar-refractivity contribution is 7.91. The number of carbonyl (C=O) groups excluding carboxylic acids is 1. The summed E-state index contributed by atoms with van der Waals surface area (Å²) in [6.45, 7) is 0.792. The van der Waals surface area contributed by atoms with E-state index in [0.717, 1.165) is 12.0 Å². The number of rotatable bonds is 4. The van der Waals surface area contributed by atoms with Crippen LogP contribution in [-0.4, -0.2) is 31.6 Å². The maximum atomic E-state index is 13.0. The number of hydrogen-bond donors (Lipinski definition) is 0. The van der Waals surface area contributed by atoms with E-state index in [1.165, 1.54) is 16.9 Å². The number of sulfonamides is 1. The summed E-state index contributed by atoms with van der Waals surface area (Å²) in [6.07, 6.45) is 4.44. The highest BCUT2D eigenvalue weighted by Crippen LogP contribution is 2.46. The van der Waals surface area contributed by atoms with Gasteiger partial charge < -0.3 is 0 Å². The predicted octanol–water partition coefficient (Wildman–Crippen LogP) is 3.66. The van der Waals surface area contributed by atoms with E-state index in [-0.39, 0.29) is 11.2 Å². The van der Waals surface area contributed by atoms with Gasteiger partial charge in [0.2, 0.25) is 0 Å². The molecule has 0 spiro atoms. The first-order chi connectivity index (χ1) is 12.5. The Labute approximate surface area is 158 Å². The van der Waals surface area contributed by atoms with Gasteiger partial charge in [0.1, 0.15) is 9.99 Å². The molecule has 0 bridgehead atoms. The Morgan fingerprint density at radius 3 is 2.65 bits per heavy atom. The van der Waals surface area contributed by atoms with Crippen molar-refractivity contribution in [2.75, 3.05) is 13.1 Å². The van der Waals surface area contributed by atoms with E-state index in [2.05, 4.69) is 12.1 Å². The molecule has 1 aromatic carbocycles. The van der Waals surface area contributed by atoms with Crippen LogP contribution < -0.4 is 0 Å². The lowest BCUT2D eigenvalue weighted by molar-refractivity contribution is -0.120. The zero-order valence-electron chi connectivity index (χ0n) is 14.4. The van der Waals surface area contributed by atoms with Crippen molar-refractivity contribution >= 4 is 27.1 Å². The van der Waals surface area contributed by atoms with Gasteiger partial charge in [0.05, 0.1) is 0 Å². The van der Waals surface area contributed by atoms with Gasteiger partial charge in [-0.1, -0.05) is 48.0 Å². The van der Waals surface area contributed by atoms with Gasteiger partial charge in [-0.15, -0.1) is 11.3 Å². The first-order valence-electron chi connectivity index (χ1n) is 8.78. The van der Waals surface area contributed by atoms with E-state index >= 15 is 0 Å². The van der Waals surface area contributed by atoms with E-state index in [1.807, 2.05) is 24.3 Å². The van der Waals surface area contributed by atoms with Crippen molar-refractivity contribution in [1.29, 1.82) is 0 Å². The van der Waals surface area contributed by atoms with Crippen molar-refractivity contribution in [3.05, 3.63) is 65.1 Å². The third kappa shape index (κ3) is 3.17. The molecular formula is C20H21NO3S2. The summed E-state index contributed by atoms with van der Waals surface area (Å²) < 4.78 is 28.0. The molecule has 2 heterocycles. The monoisotopic (exact) mass is 387 g/mol. The van der Waals surface area contributed by atoms with Crippen molar-refractivity contribution in [3.63, 3.8) is 0 Å². The van der Waals surface area contributed by atoms with E-state index in [0.29, 0.717) is 36.6 Å². The molecule has 0 radical (unpaired) electrons. The Balaban J connectivity index is 1.70. The smallest absolute Gasteiger partial charge is 0.252 e. The first kappa shape index (κ1) is 17.6. The Hall–Kier alpha value is -1.76. The lowest BCUT2D eigenvalue weighted by Gasteiger charge is -2.45. The molecule has 0 saturated heterocycles. The average molecular weight is 388 g/mol. The van der Waals surface area contributed by atoms with Crippen LogP contribution in [0.4, 0.5) is 0 Å². The second-order valence-electron chi connectivity index (χ2n) is 7.12. The summed E-state index contributed by atoms with van der Waals surface area (Å²) in [4.78, 5) is 12.0. The van der Waals surface area contributed by atoms with E-state index in [4.69, 9.17) is 0 Å². The largest absolute Gasteiger partial charge is 0.299 e. The number of nitrogens with zero attached hydrogens (tertiary/aromatic N) is 1. The Bertz CT molecular complexity index is 933. The van der Waals surface area contributed by atoms with E-state index in [9.17, 15) is 13.2 Å². The van der Waals surface area contributed by atoms with Gasteiger partial charge in [0.25, 0.3) is 10.0 Å². The molecule has 1 atom stereocenters. The van der Waals surface area contributed by atoms with Crippen molar-refractivity contribution in [1.82, 2.24) is 4.31 Å². The summed E-state index contributed by atoms with van der Waals surface area (Å²) in [5, 5.41) is 1.79. The van der Waals surface area contributed by atoms with Gasteiger partial charge in [0.15, 0.2) is 0 Å². The molecule has 1 aromatic heterocycles. The van der Waals surface area contributed by atoms with Gasteiger partial charge >= 0.3 is 0 Å². The van der Waals surface area contributed by atoms with Crippen LogP contribution in [0, 0.1) is 5.41 Å². The maximum absolute atomic E-state index is 13.0. The van der Waals surface area contributed by atoms with Crippen LogP contribution in [-0.2, 0) is 21.2 Å². The Morgan fingerprint density at radius 2 is 1.92 bits per heavy atom. The highest BCUT2D eigenvalue weighted by atomic mass is 32.2. The third-order valence-corrected chi connectivity index (χ3v) is 8.63. The Kier molecular flexibility index (Phi) is 4.59. The summed E-state index contributed by atoms with van der Waals surface area (Å²) in [6, 6.07) is 13.6. The fraction of sp³-hybridized carbons (Fsp3) is 0.350. The van der Waals surface area contributed by atoms with Gasteiger partial charge in [-0.2, -0.15) is 4.31 Å². The first-order valence-corrected chi connectivity index (χ1v) is 11.1. The predicted molar refractivity (Wildman–Crippen MR) is 103 cm³/mol. The molecular weight excluding hydrogens is 366 g/mol. The number of ketones is 1. The van der Waals surface area contributed by atoms with Crippen molar-refractivity contribution in [2.24, 2.45) is 5.41 Å². The topological polar surface area (TPSA) is 54.5 Å². The maximum Gasteiger partial charge on any atom is 0.252 e. The third-order valence-electron chi connectivity index (χ3n) is 5.45. The van der Waals surface area contributed by atoms with Gasteiger partial charge in [-0.05, 0) is 29.9 Å². The standard InChI is InChI=1S/C20H21NO3S2/c22-18-8-10-20(14-16-5-2-1-3-6-16)15-21(11-9-17(20)13-18)26(23,24)19-7-4-12-25-19/h1-7,9,12H,8,10-11,13-15H2. The van der Waals surface area contributed by atoms with Crippen LogP contribution in [0.2, 0.25) is 0 Å². The van der Waals surface area contributed by atoms with E-state index < -0.39 is 10.0 Å². The van der Waals surface area contributed by atoms with E-state index in [1.54, 1.807) is 21.8 Å². The van der Waals surface area contributed by atoms with Crippen molar-refractivity contribution in [2.45, 2.75) is 29.9 Å². The van der Waals surface area contributed by atoms with Crippen molar-refractivity contribution in [3.8, 4) is 0 Å². The van der Waals surface area contributed by atoms with Crippen LogP contribution >= 0.6 is 11.3 Å². The number of Topliss-reactive ketones (excluding diaryl/α,β-unsaturated/α-hetero) is 1. The molecule has 1 fully saturated rings. The SMILES string of the molecule is O=C1CCC2(Cc3ccccc3)CN(S(=O)(=O)c3cccs3)CC=C2C1. The number of hydrogen-bond acceptors (Lipinski definition) is 4. The van der Waals surface area contributed by atoms with Crippen LogP contribution in [0.15, 0.2) is 63.7 Å². The molecule has 4 rings (SSSR count). The normalized spacial score (nSPS) is 24.2. The molecule has 4 nitrogen and oxygen atoms in total. The number of carbonyl (C=O) groups is 1. The minimum atomic E-state index is -3.49. The molecule has 1 aliphatic heterocycles. The minimum absolute atomic E-state index is 0.259. The summed E-state index contributed by atoms with van der Waals surface area (Å²) in [5.41, 5.74) is 2.02. The molecule has 2 aromatic rings. The minimum Gasteiger partial charge on any atom is -0.299 e. The van der Waals surface area contributed by atoms with Crippen LogP contribution in [0.5, 0.6) is 0 Å². The molecule has 26 heavy (non-hydrogen) atoms. The summed E-state index contributed by atoms with van der Waals surface area (Å²) in [5.74, 6) is 0.259. The van der Waals surface area contributed by atoms with Crippen LogP contribution in [0.3, 0.4) is 0 Å². The average Bonchev–Trinajstić information content (AvgIpc) is 3.18. The summed E-state index contributed by atoms with van der Waals surface area (Å²) >= 11 is 1.25. The second-order valence-corrected chi connectivity index (χ2v) is 10.2. The fourth-order valence-corrected chi connectivity index (χ4v) is 6.69. The van der Waals surface area contributed by atoms with Crippen LogP contribution in [0.1, 0.15) is 24.8 Å². The highest BCUT2D eigenvalue weighted by Gasteiger charge is 2.45. The fourth-order valence-electron chi connectivity index (χ4n) is 4.08. The van der Waals surface area contributed by atoms with Crippen molar-refractivity contribution < 1.29 is 13.2 Å². The van der Waals surface area contributed by atoms with Crippen LogP contribution in [0.25, 0.3) is 0 Å². The molecule has 136 valence electrons. The Morgan fingerprint density at radius 1 is 1.12 bits per heavy atom. The molecule has 2 aliphatic rings. The van der Waals surface area contributed by atoms with Gasteiger partial charge in [-0.25, -0.2) is 8.42 Å². The molecule has 1 saturated carbocycles. The molecule has 1 aliphatic carbocycles. The molecule has 0 amide bonds.